The number of aliphatic hydroxyl groups is 1. The van der Waals surface area contributed by atoms with E-state index in [2.05, 4.69) is 4.98 Å². The molecule has 1 N–H and O–H groups in total. The second-order valence-corrected chi connectivity index (χ2v) is 8.14. The minimum atomic E-state index is -0.771. The molecule has 1 aliphatic heterocycles. The quantitative estimate of drug-likeness (QED) is 0.340. The molecule has 6 nitrogen and oxygen atoms in total. The number of hydrogen-bond donors (Lipinski definition) is 1. The SMILES string of the molecule is CCCOc1cccc(C(O)=C2C(=O)C(=O)N(c3nccs3)C2c2ccc(C)cc2)c1. The zero-order valence-electron chi connectivity index (χ0n) is 17.2. The van der Waals surface area contributed by atoms with E-state index in [4.69, 9.17) is 4.74 Å². The topological polar surface area (TPSA) is 79.7 Å². The molecular weight excluding hydrogens is 412 g/mol. The molecule has 3 aromatic rings. The molecular formula is C24H22N2O4S. The molecule has 2 heterocycles. The van der Waals surface area contributed by atoms with Crippen molar-refractivity contribution in [1.82, 2.24) is 4.98 Å². The molecule has 0 bridgehead atoms. The molecule has 1 atom stereocenters. The lowest BCUT2D eigenvalue weighted by Crippen LogP contribution is -2.29. The summed E-state index contributed by atoms with van der Waals surface area (Å²) < 4.78 is 5.66. The fourth-order valence-electron chi connectivity index (χ4n) is 3.54. The number of hydrogen-bond acceptors (Lipinski definition) is 6. The smallest absolute Gasteiger partial charge is 0.301 e. The van der Waals surface area contributed by atoms with Gasteiger partial charge in [0.15, 0.2) is 5.13 Å². The second-order valence-electron chi connectivity index (χ2n) is 7.27. The van der Waals surface area contributed by atoms with E-state index in [0.29, 0.717) is 23.1 Å². The minimum absolute atomic E-state index is 0.0386. The van der Waals surface area contributed by atoms with Gasteiger partial charge in [0.25, 0.3) is 5.78 Å². The van der Waals surface area contributed by atoms with Crippen LogP contribution in [0.25, 0.3) is 5.76 Å². The lowest BCUT2D eigenvalue weighted by Gasteiger charge is -2.23. The van der Waals surface area contributed by atoms with E-state index < -0.39 is 17.7 Å². The first kappa shape index (κ1) is 20.8. The molecule has 2 aromatic carbocycles. The molecule has 0 saturated carbocycles. The van der Waals surface area contributed by atoms with Gasteiger partial charge in [0.1, 0.15) is 11.5 Å². The van der Waals surface area contributed by atoms with E-state index in [9.17, 15) is 14.7 Å². The molecule has 1 aromatic heterocycles. The highest BCUT2D eigenvalue weighted by Gasteiger charge is 2.47. The third-order valence-electron chi connectivity index (χ3n) is 5.04. The van der Waals surface area contributed by atoms with Crippen LogP contribution in [-0.4, -0.2) is 28.4 Å². The van der Waals surface area contributed by atoms with Gasteiger partial charge in [0.2, 0.25) is 0 Å². The van der Waals surface area contributed by atoms with E-state index >= 15 is 0 Å². The Hall–Kier alpha value is -3.45. The third-order valence-corrected chi connectivity index (χ3v) is 5.81. The number of anilines is 1. The zero-order valence-corrected chi connectivity index (χ0v) is 18.1. The van der Waals surface area contributed by atoms with E-state index in [1.165, 1.54) is 16.2 Å². The number of amides is 1. The number of aliphatic hydroxyl groups excluding tert-OH is 1. The molecule has 1 fully saturated rings. The van der Waals surface area contributed by atoms with Crippen molar-refractivity contribution in [3.8, 4) is 5.75 Å². The summed E-state index contributed by atoms with van der Waals surface area (Å²) in [5.74, 6) is -1.09. The Kier molecular flexibility index (Phi) is 5.86. The van der Waals surface area contributed by atoms with Gasteiger partial charge in [-0.3, -0.25) is 14.5 Å². The predicted octanol–water partition coefficient (Wildman–Crippen LogP) is 4.87. The summed E-state index contributed by atoms with van der Waals surface area (Å²) in [7, 11) is 0. The van der Waals surface area contributed by atoms with Crippen molar-refractivity contribution in [2.75, 3.05) is 11.5 Å². The number of thiazole rings is 1. The van der Waals surface area contributed by atoms with E-state index in [0.717, 1.165) is 17.5 Å². The average molecular weight is 435 g/mol. The van der Waals surface area contributed by atoms with Crippen LogP contribution in [0.15, 0.2) is 65.7 Å². The van der Waals surface area contributed by atoms with Gasteiger partial charge >= 0.3 is 5.91 Å². The van der Waals surface area contributed by atoms with Crippen molar-refractivity contribution >= 4 is 33.9 Å². The lowest BCUT2D eigenvalue weighted by atomic mass is 9.95. The van der Waals surface area contributed by atoms with Gasteiger partial charge in [-0.1, -0.05) is 48.9 Å². The van der Waals surface area contributed by atoms with Crippen molar-refractivity contribution in [2.45, 2.75) is 26.3 Å². The number of ketones is 1. The highest BCUT2D eigenvalue weighted by molar-refractivity contribution is 7.14. The van der Waals surface area contributed by atoms with Gasteiger partial charge in [0.05, 0.1) is 18.2 Å². The zero-order chi connectivity index (χ0) is 22.0. The van der Waals surface area contributed by atoms with Crippen LogP contribution in [0.2, 0.25) is 0 Å². The summed E-state index contributed by atoms with van der Waals surface area (Å²) in [4.78, 5) is 31.7. The number of aryl methyl sites for hydroxylation is 1. The molecule has 31 heavy (non-hydrogen) atoms. The number of rotatable bonds is 6. The summed E-state index contributed by atoms with van der Waals surface area (Å²) in [5.41, 5.74) is 2.23. The van der Waals surface area contributed by atoms with Crippen LogP contribution in [-0.2, 0) is 9.59 Å². The molecule has 1 aliphatic rings. The van der Waals surface area contributed by atoms with Gasteiger partial charge in [-0.25, -0.2) is 4.98 Å². The maximum atomic E-state index is 13.1. The monoisotopic (exact) mass is 434 g/mol. The number of carbonyl (C=O) groups is 2. The first-order valence-corrected chi connectivity index (χ1v) is 10.9. The molecule has 0 radical (unpaired) electrons. The molecule has 4 rings (SSSR count). The first-order valence-electron chi connectivity index (χ1n) is 10.0. The fourth-order valence-corrected chi connectivity index (χ4v) is 4.20. The number of aromatic nitrogens is 1. The summed E-state index contributed by atoms with van der Waals surface area (Å²) in [5, 5.41) is 13.3. The van der Waals surface area contributed by atoms with E-state index in [1.807, 2.05) is 38.1 Å². The van der Waals surface area contributed by atoms with E-state index in [-0.39, 0.29) is 11.3 Å². The maximum absolute atomic E-state index is 13.1. The summed E-state index contributed by atoms with van der Waals surface area (Å²) in [6.45, 7) is 4.51. The first-order chi connectivity index (χ1) is 15.0. The molecule has 7 heteroatoms. The highest BCUT2D eigenvalue weighted by Crippen LogP contribution is 2.42. The Morgan fingerprint density at radius 1 is 1.19 bits per heavy atom. The normalized spacial score (nSPS) is 17.9. The molecule has 1 unspecified atom stereocenters. The Labute approximate surface area is 184 Å². The van der Waals surface area contributed by atoms with Gasteiger partial charge in [0, 0.05) is 17.1 Å². The number of nitrogens with zero attached hydrogens (tertiary/aromatic N) is 2. The average Bonchev–Trinajstić information content (AvgIpc) is 3.39. The van der Waals surface area contributed by atoms with Crippen LogP contribution in [0.3, 0.4) is 0 Å². The summed E-state index contributed by atoms with van der Waals surface area (Å²) >= 11 is 1.27. The molecule has 1 amide bonds. The molecule has 0 spiro atoms. The lowest BCUT2D eigenvalue weighted by molar-refractivity contribution is -0.132. The summed E-state index contributed by atoms with van der Waals surface area (Å²) in [6.07, 6.45) is 2.43. The molecule has 0 aliphatic carbocycles. The Bertz CT molecular complexity index is 1140. The summed E-state index contributed by atoms with van der Waals surface area (Å²) in [6, 6.07) is 13.7. The van der Waals surface area contributed by atoms with Crippen molar-refractivity contribution < 1.29 is 19.4 Å². The van der Waals surface area contributed by atoms with Gasteiger partial charge in [-0.05, 0) is 31.0 Å². The van der Waals surface area contributed by atoms with Crippen LogP contribution in [0.4, 0.5) is 5.13 Å². The maximum Gasteiger partial charge on any atom is 0.301 e. The van der Waals surface area contributed by atoms with Crippen LogP contribution < -0.4 is 9.64 Å². The number of carbonyl (C=O) groups excluding carboxylic acids is 2. The van der Waals surface area contributed by atoms with Crippen LogP contribution in [0.5, 0.6) is 5.75 Å². The Morgan fingerprint density at radius 3 is 2.65 bits per heavy atom. The third kappa shape index (κ3) is 3.96. The number of ether oxygens (including phenoxy) is 1. The van der Waals surface area contributed by atoms with Crippen LogP contribution in [0, 0.1) is 6.92 Å². The predicted molar refractivity (Wildman–Crippen MR) is 120 cm³/mol. The van der Waals surface area contributed by atoms with Crippen molar-refractivity contribution in [1.29, 1.82) is 0 Å². The van der Waals surface area contributed by atoms with E-state index in [1.54, 1.807) is 35.8 Å². The van der Waals surface area contributed by atoms with Crippen molar-refractivity contribution in [3.05, 3.63) is 82.4 Å². The van der Waals surface area contributed by atoms with Gasteiger partial charge < -0.3 is 9.84 Å². The van der Waals surface area contributed by atoms with Crippen molar-refractivity contribution in [2.24, 2.45) is 0 Å². The van der Waals surface area contributed by atoms with Crippen LogP contribution in [0.1, 0.15) is 36.1 Å². The molecule has 1 saturated heterocycles. The number of Topliss-reactive ketones (excluding diaryl/α,β-unsaturated/α-hetero) is 1. The largest absolute Gasteiger partial charge is 0.507 e. The minimum Gasteiger partial charge on any atom is -0.507 e. The molecule has 158 valence electrons. The standard InChI is InChI=1S/C24H22N2O4S/c1-3-12-30-18-6-4-5-17(14-18)21(27)19-20(16-9-7-15(2)8-10-16)26(23(29)22(19)28)24-25-11-13-31-24/h4-11,13-14,20,27H,3,12H2,1-2H3. The second kappa shape index (κ2) is 8.73. The Balaban J connectivity index is 1.86. The van der Waals surface area contributed by atoms with Gasteiger partial charge in [-0.2, -0.15) is 0 Å². The Morgan fingerprint density at radius 2 is 1.97 bits per heavy atom. The number of benzene rings is 2. The highest BCUT2D eigenvalue weighted by atomic mass is 32.1. The van der Waals surface area contributed by atoms with Crippen molar-refractivity contribution in [3.63, 3.8) is 0 Å². The van der Waals surface area contributed by atoms with Crippen LogP contribution >= 0.6 is 11.3 Å². The fraction of sp³-hybridized carbons (Fsp3) is 0.208. The van der Waals surface area contributed by atoms with Gasteiger partial charge in [-0.15, -0.1) is 11.3 Å².